The summed E-state index contributed by atoms with van der Waals surface area (Å²) >= 11 is 0. The fourth-order valence-electron chi connectivity index (χ4n) is 3.59. The molecule has 0 unspecified atom stereocenters. The Balaban J connectivity index is 1.87. The third-order valence-corrected chi connectivity index (χ3v) is 6.94. The van der Waals surface area contributed by atoms with Crippen LogP contribution in [0.2, 0.25) is 0 Å². The number of carbonyl (C=O) groups excluding carboxylic acids is 1. The van der Waals surface area contributed by atoms with E-state index in [0.29, 0.717) is 9.87 Å². The molecule has 0 saturated carbocycles. The summed E-state index contributed by atoms with van der Waals surface area (Å²) in [5.41, 5.74) is 0.0536. The number of amides is 2. The highest BCUT2D eigenvalue weighted by atomic mass is 32.2. The quantitative estimate of drug-likeness (QED) is 0.554. The number of aryl methyl sites for hydroxylation is 1. The number of rotatable bonds is 5. The normalized spacial score (nSPS) is 14.8. The van der Waals surface area contributed by atoms with Crippen molar-refractivity contribution in [2.45, 2.75) is 18.4 Å². The second kappa shape index (κ2) is 8.32. The third-order valence-electron chi connectivity index (χ3n) is 5.19. The van der Waals surface area contributed by atoms with Crippen LogP contribution in [0.25, 0.3) is 0 Å². The monoisotopic (exact) mass is 475 g/mol. The molecule has 11 heteroatoms. The average Bonchev–Trinajstić information content (AvgIpc) is 2.78. The summed E-state index contributed by atoms with van der Waals surface area (Å²) in [7, 11) is -1.64. The topological polar surface area (TPSA) is 89.0 Å². The van der Waals surface area contributed by atoms with Crippen LogP contribution in [-0.4, -0.2) is 33.7 Å². The lowest BCUT2D eigenvalue weighted by atomic mass is 10.1. The average molecular weight is 475 g/mol. The zero-order chi connectivity index (χ0) is 23.9. The SMILES string of the molecule is COc1cc(F)c(CN2C(=O)N(c3cnc(OC)c(C)c3)S(=O)(=O)c3ccccc32)c(F)c1. The molecule has 2 heterocycles. The molecule has 2 aromatic carbocycles. The highest BCUT2D eigenvalue weighted by Gasteiger charge is 2.43. The molecule has 0 N–H and O–H groups in total. The van der Waals surface area contributed by atoms with Gasteiger partial charge in [-0.2, -0.15) is 4.31 Å². The van der Waals surface area contributed by atoms with E-state index in [0.717, 1.165) is 17.0 Å². The molecular weight excluding hydrogens is 456 g/mol. The number of para-hydroxylation sites is 1. The standard InChI is InChI=1S/C22H19F2N3O5S/c1-13-8-14(11-25-21(13)32-3)27-22(28)26(19-6-4-5-7-20(19)33(27,29)30)12-16-17(23)9-15(31-2)10-18(16)24/h4-11H,12H2,1-3H3. The van der Waals surface area contributed by atoms with Crippen molar-refractivity contribution in [1.82, 2.24) is 4.98 Å². The molecule has 4 rings (SSSR count). The van der Waals surface area contributed by atoms with Crippen LogP contribution in [0.15, 0.2) is 53.6 Å². The summed E-state index contributed by atoms with van der Waals surface area (Å²) < 4.78 is 66.5. The van der Waals surface area contributed by atoms with Crippen molar-refractivity contribution in [1.29, 1.82) is 0 Å². The number of aromatic nitrogens is 1. The van der Waals surface area contributed by atoms with Crippen LogP contribution in [0.4, 0.5) is 25.0 Å². The Labute approximate surface area is 189 Å². The first-order valence-electron chi connectivity index (χ1n) is 9.67. The summed E-state index contributed by atoms with van der Waals surface area (Å²) in [5.74, 6) is -1.62. The molecule has 3 aromatic rings. The number of methoxy groups -OCH3 is 2. The molecule has 0 radical (unpaired) electrons. The number of fused-ring (bicyclic) bond motifs is 1. The number of hydrogen-bond donors (Lipinski definition) is 0. The van der Waals surface area contributed by atoms with E-state index in [9.17, 15) is 22.0 Å². The van der Waals surface area contributed by atoms with Gasteiger partial charge in [-0.1, -0.05) is 12.1 Å². The summed E-state index contributed by atoms with van der Waals surface area (Å²) in [6.45, 7) is 1.09. The van der Waals surface area contributed by atoms with Crippen LogP contribution in [-0.2, 0) is 16.6 Å². The van der Waals surface area contributed by atoms with Gasteiger partial charge >= 0.3 is 6.03 Å². The zero-order valence-electron chi connectivity index (χ0n) is 17.9. The second-order valence-electron chi connectivity index (χ2n) is 7.20. The van der Waals surface area contributed by atoms with Crippen LogP contribution in [0.5, 0.6) is 11.6 Å². The first-order chi connectivity index (χ1) is 15.7. The lowest BCUT2D eigenvalue weighted by Crippen LogP contribution is -2.51. The van der Waals surface area contributed by atoms with Crippen molar-refractivity contribution in [2.75, 3.05) is 23.4 Å². The number of anilines is 2. The van der Waals surface area contributed by atoms with Gasteiger partial charge in [-0.25, -0.2) is 27.0 Å². The van der Waals surface area contributed by atoms with Gasteiger partial charge < -0.3 is 9.47 Å². The van der Waals surface area contributed by atoms with E-state index in [1.54, 1.807) is 6.92 Å². The van der Waals surface area contributed by atoms with Crippen molar-refractivity contribution < 1.29 is 31.5 Å². The maximum absolute atomic E-state index is 14.7. The first-order valence-corrected chi connectivity index (χ1v) is 11.1. The molecule has 0 saturated heterocycles. The second-order valence-corrected chi connectivity index (χ2v) is 8.95. The summed E-state index contributed by atoms with van der Waals surface area (Å²) in [6, 6.07) is 8.16. The van der Waals surface area contributed by atoms with Gasteiger partial charge in [0.05, 0.1) is 38.3 Å². The maximum atomic E-state index is 14.7. The lowest BCUT2D eigenvalue weighted by molar-refractivity contribution is 0.253. The highest BCUT2D eigenvalue weighted by molar-refractivity contribution is 7.94. The zero-order valence-corrected chi connectivity index (χ0v) is 18.7. The molecule has 33 heavy (non-hydrogen) atoms. The van der Waals surface area contributed by atoms with Gasteiger partial charge in [0.25, 0.3) is 10.0 Å². The predicted molar refractivity (Wildman–Crippen MR) is 116 cm³/mol. The minimum atomic E-state index is -4.32. The number of benzene rings is 2. The van der Waals surface area contributed by atoms with Gasteiger partial charge in [0, 0.05) is 23.3 Å². The number of pyridine rings is 1. The van der Waals surface area contributed by atoms with Gasteiger partial charge in [-0.3, -0.25) is 4.90 Å². The number of nitrogens with zero attached hydrogens (tertiary/aromatic N) is 3. The number of ether oxygens (including phenoxy) is 2. The Morgan fingerprint density at radius 2 is 1.70 bits per heavy atom. The molecule has 0 fully saturated rings. The Hall–Kier alpha value is -3.73. The first kappa shape index (κ1) is 22.5. The van der Waals surface area contributed by atoms with E-state index < -0.39 is 39.8 Å². The van der Waals surface area contributed by atoms with E-state index >= 15 is 0 Å². The van der Waals surface area contributed by atoms with Crippen LogP contribution in [0.1, 0.15) is 11.1 Å². The molecule has 0 bridgehead atoms. The molecule has 1 aliphatic heterocycles. The third kappa shape index (κ3) is 3.74. The van der Waals surface area contributed by atoms with Gasteiger partial charge in [0.15, 0.2) is 0 Å². The fraction of sp³-hybridized carbons (Fsp3) is 0.182. The Morgan fingerprint density at radius 3 is 2.30 bits per heavy atom. The fourth-order valence-corrected chi connectivity index (χ4v) is 5.16. The molecular formula is C22H19F2N3O5S. The van der Waals surface area contributed by atoms with E-state index in [1.807, 2.05) is 0 Å². The van der Waals surface area contributed by atoms with Crippen molar-refractivity contribution in [3.63, 3.8) is 0 Å². The van der Waals surface area contributed by atoms with E-state index in [1.165, 1.54) is 50.7 Å². The lowest BCUT2D eigenvalue weighted by Gasteiger charge is -2.36. The minimum absolute atomic E-state index is 0.00607. The van der Waals surface area contributed by atoms with Gasteiger partial charge in [0.1, 0.15) is 22.3 Å². The maximum Gasteiger partial charge on any atom is 0.343 e. The predicted octanol–water partition coefficient (Wildman–Crippen LogP) is 4.02. The van der Waals surface area contributed by atoms with E-state index in [-0.39, 0.29) is 27.9 Å². The van der Waals surface area contributed by atoms with Crippen LogP contribution in [0.3, 0.4) is 0 Å². The van der Waals surface area contributed by atoms with E-state index in [2.05, 4.69) is 4.98 Å². The molecule has 0 aliphatic carbocycles. The van der Waals surface area contributed by atoms with Gasteiger partial charge in [-0.15, -0.1) is 0 Å². The number of sulfonamides is 1. The molecule has 0 spiro atoms. The van der Waals surface area contributed by atoms with Crippen molar-refractivity contribution >= 4 is 27.4 Å². The van der Waals surface area contributed by atoms with Crippen LogP contribution < -0.4 is 18.7 Å². The molecule has 1 aliphatic rings. The largest absolute Gasteiger partial charge is 0.497 e. The van der Waals surface area contributed by atoms with Crippen LogP contribution in [0, 0.1) is 18.6 Å². The number of urea groups is 1. The van der Waals surface area contributed by atoms with E-state index in [4.69, 9.17) is 9.47 Å². The van der Waals surface area contributed by atoms with Crippen molar-refractivity contribution in [3.8, 4) is 11.6 Å². The summed E-state index contributed by atoms with van der Waals surface area (Å²) in [5, 5.41) is 0. The smallest absolute Gasteiger partial charge is 0.343 e. The number of carbonyl (C=O) groups is 1. The van der Waals surface area contributed by atoms with Gasteiger partial charge in [-0.05, 0) is 25.1 Å². The number of halogens is 2. The molecule has 1 aromatic heterocycles. The molecule has 172 valence electrons. The Kier molecular flexibility index (Phi) is 5.66. The number of hydrogen-bond acceptors (Lipinski definition) is 6. The van der Waals surface area contributed by atoms with Crippen molar-refractivity contribution in [2.24, 2.45) is 0 Å². The Bertz CT molecular complexity index is 1340. The van der Waals surface area contributed by atoms with Crippen LogP contribution >= 0.6 is 0 Å². The van der Waals surface area contributed by atoms with Gasteiger partial charge in [0.2, 0.25) is 5.88 Å². The van der Waals surface area contributed by atoms with Crippen molar-refractivity contribution in [3.05, 3.63) is 71.4 Å². The summed E-state index contributed by atoms with van der Waals surface area (Å²) in [6.07, 6.45) is 1.18. The minimum Gasteiger partial charge on any atom is -0.497 e. The Morgan fingerprint density at radius 1 is 1.03 bits per heavy atom. The molecule has 0 atom stereocenters. The molecule has 2 amide bonds. The molecule has 8 nitrogen and oxygen atoms in total. The highest BCUT2D eigenvalue weighted by Crippen LogP contribution is 2.39. The summed E-state index contributed by atoms with van der Waals surface area (Å²) in [4.78, 5) is 18.3.